The minimum absolute atomic E-state index is 0.218. The van der Waals surface area contributed by atoms with Gasteiger partial charge in [0.1, 0.15) is 5.82 Å². The topological polar surface area (TPSA) is 21.1 Å². The molecule has 0 aliphatic rings. The van der Waals surface area contributed by atoms with Crippen molar-refractivity contribution in [2.75, 3.05) is 13.6 Å². The molecule has 0 spiro atoms. The van der Waals surface area contributed by atoms with Gasteiger partial charge in [-0.15, -0.1) is 0 Å². The Labute approximate surface area is 113 Å². The van der Waals surface area contributed by atoms with E-state index < -0.39 is 0 Å². The standard InChI is InChI=1S/C15H20FN3/c1-4-9-18(2)10-13-11-19(3)17-15(13)12-5-7-14(16)8-6-12/h5-8,11H,4,9-10H2,1-3H3. The number of rotatable bonds is 5. The van der Waals surface area contributed by atoms with Crippen molar-refractivity contribution < 1.29 is 4.39 Å². The molecular formula is C15H20FN3. The van der Waals surface area contributed by atoms with Crippen molar-refractivity contribution in [3.05, 3.63) is 41.8 Å². The molecule has 0 radical (unpaired) electrons. The van der Waals surface area contributed by atoms with Crippen molar-refractivity contribution in [2.45, 2.75) is 19.9 Å². The van der Waals surface area contributed by atoms with Crippen LogP contribution in [0.2, 0.25) is 0 Å². The van der Waals surface area contributed by atoms with Crippen molar-refractivity contribution >= 4 is 0 Å². The van der Waals surface area contributed by atoms with Gasteiger partial charge in [-0.25, -0.2) is 4.39 Å². The van der Waals surface area contributed by atoms with Crippen LogP contribution in [0.25, 0.3) is 11.3 Å². The van der Waals surface area contributed by atoms with Crippen LogP contribution in [0.15, 0.2) is 30.5 Å². The summed E-state index contributed by atoms with van der Waals surface area (Å²) in [7, 11) is 4.02. The highest BCUT2D eigenvalue weighted by atomic mass is 19.1. The lowest BCUT2D eigenvalue weighted by molar-refractivity contribution is 0.328. The van der Waals surface area contributed by atoms with Gasteiger partial charge < -0.3 is 4.90 Å². The van der Waals surface area contributed by atoms with Crippen LogP contribution in [0.4, 0.5) is 4.39 Å². The molecule has 0 aliphatic heterocycles. The first kappa shape index (κ1) is 13.7. The fourth-order valence-electron chi connectivity index (χ4n) is 2.26. The Balaban J connectivity index is 2.27. The lowest BCUT2D eigenvalue weighted by atomic mass is 10.1. The summed E-state index contributed by atoms with van der Waals surface area (Å²) < 4.78 is 14.8. The monoisotopic (exact) mass is 261 g/mol. The molecule has 2 aromatic rings. The smallest absolute Gasteiger partial charge is 0.123 e. The first-order valence-electron chi connectivity index (χ1n) is 6.57. The van der Waals surface area contributed by atoms with Crippen LogP contribution in [0.1, 0.15) is 18.9 Å². The zero-order valence-corrected chi connectivity index (χ0v) is 11.7. The van der Waals surface area contributed by atoms with Gasteiger partial charge in [0, 0.05) is 30.9 Å². The van der Waals surface area contributed by atoms with E-state index in [1.54, 1.807) is 12.1 Å². The van der Waals surface area contributed by atoms with Gasteiger partial charge in [0.2, 0.25) is 0 Å². The van der Waals surface area contributed by atoms with Crippen molar-refractivity contribution in [2.24, 2.45) is 7.05 Å². The predicted octanol–water partition coefficient (Wildman–Crippen LogP) is 3.07. The van der Waals surface area contributed by atoms with E-state index in [9.17, 15) is 4.39 Å². The van der Waals surface area contributed by atoms with E-state index in [0.29, 0.717) is 0 Å². The van der Waals surface area contributed by atoms with Gasteiger partial charge >= 0.3 is 0 Å². The molecular weight excluding hydrogens is 241 g/mol. The number of halogens is 1. The fourth-order valence-corrected chi connectivity index (χ4v) is 2.26. The van der Waals surface area contributed by atoms with Crippen LogP contribution in [-0.2, 0) is 13.6 Å². The third-order valence-electron chi connectivity index (χ3n) is 3.07. The number of benzene rings is 1. The highest BCUT2D eigenvalue weighted by molar-refractivity contribution is 5.62. The van der Waals surface area contributed by atoms with Crippen LogP contribution in [-0.4, -0.2) is 28.3 Å². The number of hydrogen-bond donors (Lipinski definition) is 0. The van der Waals surface area contributed by atoms with Gasteiger partial charge in [-0.05, 0) is 44.3 Å². The van der Waals surface area contributed by atoms with Crippen molar-refractivity contribution in [3.8, 4) is 11.3 Å². The van der Waals surface area contributed by atoms with E-state index in [-0.39, 0.29) is 5.82 Å². The zero-order valence-electron chi connectivity index (χ0n) is 11.7. The largest absolute Gasteiger partial charge is 0.302 e. The molecule has 0 aliphatic carbocycles. The molecule has 0 saturated carbocycles. The van der Waals surface area contributed by atoms with Crippen molar-refractivity contribution in [1.29, 1.82) is 0 Å². The van der Waals surface area contributed by atoms with Gasteiger partial charge in [-0.2, -0.15) is 5.10 Å². The molecule has 1 aromatic carbocycles. The fraction of sp³-hybridized carbons (Fsp3) is 0.400. The molecule has 0 atom stereocenters. The SMILES string of the molecule is CCCN(C)Cc1cn(C)nc1-c1ccc(F)cc1. The highest BCUT2D eigenvalue weighted by Crippen LogP contribution is 2.23. The summed E-state index contributed by atoms with van der Waals surface area (Å²) in [6, 6.07) is 6.51. The summed E-state index contributed by atoms with van der Waals surface area (Å²) in [5, 5.41) is 4.49. The molecule has 0 N–H and O–H groups in total. The molecule has 2 rings (SSSR count). The van der Waals surface area contributed by atoms with Gasteiger partial charge in [0.15, 0.2) is 0 Å². The lowest BCUT2D eigenvalue weighted by Gasteiger charge is -2.15. The molecule has 102 valence electrons. The Morgan fingerprint density at radius 2 is 1.95 bits per heavy atom. The molecule has 1 heterocycles. The Kier molecular flexibility index (Phi) is 4.32. The van der Waals surface area contributed by atoms with E-state index in [2.05, 4.69) is 24.0 Å². The molecule has 0 unspecified atom stereocenters. The maximum Gasteiger partial charge on any atom is 0.123 e. The zero-order chi connectivity index (χ0) is 13.8. The minimum atomic E-state index is -0.218. The second-order valence-electron chi connectivity index (χ2n) is 4.92. The van der Waals surface area contributed by atoms with Gasteiger partial charge in [0.25, 0.3) is 0 Å². The second-order valence-corrected chi connectivity index (χ2v) is 4.92. The van der Waals surface area contributed by atoms with Crippen molar-refractivity contribution in [1.82, 2.24) is 14.7 Å². The molecule has 0 saturated heterocycles. The van der Waals surface area contributed by atoms with Crippen LogP contribution in [0.3, 0.4) is 0 Å². The maximum absolute atomic E-state index is 13.0. The average molecular weight is 261 g/mol. The van der Waals surface area contributed by atoms with Gasteiger partial charge in [-0.3, -0.25) is 4.68 Å². The average Bonchev–Trinajstić information content (AvgIpc) is 2.71. The Morgan fingerprint density at radius 3 is 2.58 bits per heavy atom. The number of hydrogen-bond acceptors (Lipinski definition) is 2. The molecule has 0 fully saturated rings. The number of aromatic nitrogens is 2. The van der Waals surface area contributed by atoms with Crippen LogP contribution >= 0.6 is 0 Å². The summed E-state index contributed by atoms with van der Waals surface area (Å²) >= 11 is 0. The minimum Gasteiger partial charge on any atom is -0.302 e. The second kappa shape index (κ2) is 5.97. The quantitative estimate of drug-likeness (QED) is 0.824. The van der Waals surface area contributed by atoms with E-state index in [4.69, 9.17) is 0 Å². The maximum atomic E-state index is 13.0. The summed E-state index contributed by atoms with van der Waals surface area (Å²) in [6.07, 6.45) is 3.16. The summed E-state index contributed by atoms with van der Waals surface area (Å²) in [5.74, 6) is -0.218. The van der Waals surface area contributed by atoms with Gasteiger partial charge in [0.05, 0.1) is 5.69 Å². The van der Waals surface area contributed by atoms with E-state index in [1.165, 1.54) is 17.7 Å². The van der Waals surface area contributed by atoms with Crippen LogP contribution in [0.5, 0.6) is 0 Å². The van der Waals surface area contributed by atoms with E-state index in [0.717, 1.165) is 30.8 Å². The Hall–Kier alpha value is -1.68. The lowest BCUT2D eigenvalue weighted by Crippen LogP contribution is -2.18. The molecule has 0 amide bonds. The summed E-state index contributed by atoms with van der Waals surface area (Å²) in [5.41, 5.74) is 3.07. The summed E-state index contributed by atoms with van der Waals surface area (Å²) in [4.78, 5) is 2.27. The van der Waals surface area contributed by atoms with Crippen molar-refractivity contribution in [3.63, 3.8) is 0 Å². The first-order chi connectivity index (χ1) is 9.10. The van der Waals surface area contributed by atoms with Gasteiger partial charge in [-0.1, -0.05) is 6.92 Å². The number of aryl methyl sites for hydroxylation is 1. The third-order valence-corrected chi connectivity index (χ3v) is 3.07. The predicted molar refractivity (Wildman–Crippen MR) is 75.2 cm³/mol. The molecule has 3 nitrogen and oxygen atoms in total. The number of nitrogens with zero attached hydrogens (tertiary/aromatic N) is 3. The summed E-state index contributed by atoms with van der Waals surface area (Å²) in [6.45, 7) is 4.08. The van der Waals surface area contributed by atoms with Crippen LogP contribution < -0.4 is 0 Å². The normalized spacial score (nSPS) is 11.2. The Morgan fingerprint density at radius 1 is 1.26 bits per heavy atom. The third kappa shape index (κ3) is 3.41. The highest BCUT2D eigenvalue weighted by Gasteiger charge is 2.11. The first-order valence-corrected chi connectivity index (χ1v) is 6.57. The van der Waals surface area contributed by atoms with E-state index in [1.807, 2.05) is 17.9 Å². The molecule has 1 aromatic heterocycles. The molecule has 0 bridgehead atoms. The van der Waals surface area contributed by atoms with Crippen LogP contribution in [0, 0.1) is 5.82 Å². The molecule has 4 heteroatoms. The molecule has 19 heavy (non-hydrogen) atoms. The van der Waals surface area contributed by atoms with E-state index >= 15 is 0 Å². The Bertz CT molecular complexity index is 531.